The summed E-state index contributed by atoms with van der Waals surface area (Å²) in [5.41, 5.74) is 2.30. The maximum absolute atomic E-state index is 12.7. The zero-order chi connectivity index (χ0) is 22.6. The van der Waals surface area contributed by atoms with E-state index in [9.17, 15) is 9.59 Å². The fraction of sp³-hybridized carbons (Fsp3) is 0.385. The van der Waals surface area contributed by atoms with Crippen LogP contribution in [0.15, 0.2) is 48.0 Å². The lowest BCUT2D eigenvalue weighted by Crippen LogP contribution is -2.19. The predicted octanol–water partition coefficient (Wildman–Crippen LogP) is 7.00. The van der Waals surface area contributed by atoms with Crippen molar-refractivity contribution in [1.82, 2.24) is 0 Å². The molecular formula is C26H32ClNO3. The first kappa shape index (κ1) is 24.7. The number of Topliss-reactive ketones (excluding diaryl/α,β-unsaturated/α-hetero) is 1. The third-order valence-corrected chi connectivity index (χ3v) is 5.26. The Morgan fingerprint density at radius 2 is 1.68 bits per heavy atom. The van der Waals surface area contributed by atoms with Crippen molar-refractivity contribution in [2.75, 3.05) is 11.9 Å². The number of aryl methyl sites for hydroxylation is 1. The van der Waals surface area contributed by atoms with Gasteiger partial charge in [-0.3, -0.25) is 9.59 Å². The van der Waals surface area contributed by atoms with Crippen molar-refractivity contribution in [3.05, 3.63) is 64.2 Å². The van der Waals surface area contributed by atoms with Crippen LogP contribution in [0.3, 0.4) is 0 Å². The third-order valence-electron chi connectivity index (χ3n) is 5.03. The van der Waals surface area contributed by atoms with Gasteiger partial charge in [0.05, 0.1) is 12.2 Å². The van der Waals surface area contributed by atoms with Crippen LogP contribution >= 0.6 is 11.6 Å². The molecule has 0 bridgehead atoms. The molecule has 0 fully saturated rings. The van der Waals surface area contributed by atoms with E-state index in [2.05, 4.69) is 12.2 Å². The van der Waals surface area contributed by atoms with E-state index in [1.807, 2.05) is 37.3 Å². The number of carbonyl (C=O) groups is 2. The summed E-state index contributed by atoms with van der Waals surface area (Å²) < 4.78 is 5.79. The Morgan fingerprint density at radius 3 is 2.35 bits per heavy atom. The van der Waals surface area contributed by atoms with E-state index < -0.39 is 5.91 Å². The summed E-state index contributed by atoms with van der Waals surface area (Å²) in [6, 6.07) is 12.7. The molecule has 31 heavy (non-hydrogen) atoms. The van der Waals surface area contributed by atoms with Crippen molar-refractivity contribution >= 4 is 35.1 Å². The van der Waals surface area contributed by atoms with Crippen LogP contribution in [-0.4, -0.2) is 18.3 Å². The minimum absolute atomic E-state index is 0.0834. The molecule has 0 aliphatic heterocycles. The van der Waals surface area contributed by atoms with E-state index >= 15 is 0 Å². The maximum Gasteiger partial charge on any atom is 0.259 e. The summed E-state index contributed by atoms with van der Waals surface area (Å²) in [6.45, 7) is 6.16. The van der Waals surface area contributed by atoms with E-state index in [-0.39, 0.29) is 11.4 Å². The van der Waals surface area contributed by atoms with Crippen LogP contribution in [0.2, 0.25) is 5.02 Å². The Morgan fingerprint density at radius 1 is 1.00 bits per heavy atom. The summed E-state index contributed by atoms with van der Waals surface area (Å²) in [5.74, 6) is 0.0240. The SMILES string of the molecule is CCCCCCCCOc1ccc(/C=C(\C(C)=O)C(=O)Nc2cc(Cl)ccc2C)cc1. The first-order valence-electron chi connectivity index (χ1n) is 10.9. The summed E-state index contributed by atoms with van der Waals surface area (Å²) >= 11 is 6.02. The summed E-state index contributed by atoms with van der Waals surface area (Å²) in [5, 5.41) is 3.30. The highest BCUT2D eigenvalue weighted by molar-refractivity contribution is 6.31. The summed E-state index contributed by atoms with van der Waals surface area (Å²) in [4.78, 5) is 24.8. The Hall–Kier alpha value is -2.59. The molecule has 0 aromatic heterocycles. The normalized spacial score (nSPS) is 11.3. The number of carbonyl (C=O) groups excluding carboxylic acids is 2. The van der Waals surface area contributed by atoms with Crippen LogP contribution in [0.4, 0.5) is 5.69 Å². The lowest BCUT2D eigenvalue weighted by molar-refractivity contribution is -0.118. The van der Waals surface area contributed by atoms with Crippen LogP contribution in [0.1, 0.15) is 63.5 Å². The smallest absolute Gasteiger partial charge is 0.259 e. The molecule has 2 rings (SSSR count). The average molecular weight is 442 g/mol. The zero-order valence-corrected chi connectivity index (χ0v) is 19.4. The van der Waals surface area contributed by atoms with Gasteiger partial charge in [-0.15, -0.1) is 0 Å². The number of ketones is 1. The maximum atomic E-state index is 12.7. The molecule has 166 valence electrons. The van der Waals surface area contributed by atoms with Crippen molar-refractivity contribution in [3.8, 4) is 5.75 Å². The molecule has 0 aliphatic carbocycles. The minimum atomic E-state index is -0.457. The molecule has 0 aliphatic rings. The molecule has 2 aromatic rings. The van der Waals surface area contributed by atoms with Crippen LogP contribution < -0.4 is 10.1 Å². The van der Waals surface area contributed by atoms with Gasteiger partial charge in [0.2, 0.25) is 0 Å². The van der Waals surface area contributed by atoms with Crippen molar-refractivity contribution in [2.45, 2.75) is 59.3 Å². The van der Waals surface area contributed by atoms with E-state index in [0.29, 0.717) is 17.3 Å². The topological polar surface area (TPSA) is 55.4 Å². The molecule has 1 N–H and O–H groups in total. The fourth-order valence-electron chi connectivity index (χ4n) is 3.14. The van der Waals surface area contributed by atoms with E-state index in [1.54, 1.807) is 18.2 Å². The van der Waals surface area contributed by atoms with Crippen LogP contribution in [0, 0.1) is 6.92 Å². The zero-order valence-electron chi connectivity index (χ0n) is 18.7. The number of hydrogen-bond donors (Lipinski definition) is 1. The van der Waals surface area contributed by atoms with Gasteiger partial charge in [-0.2, -0.15) is 0 Å². The van der Waals surface area contributed by atoms with Gasteiger partial charge in [0, 0.05) is 10.7 Å². The molecule has 0 unspecified atom stereocenters. The minimum Gasteiger partial charge on any atom is -0.494 e. The highest BCUT2D eigenvalue weighted by atomic mass is 35.5. The molecular weight excluding hydrogens is 410 g/mol. The number of anilines is 1. The van der Waals surface area contributed by atoms with Crippen molar-refractivity contribution in [2.24, 2.45) is 0 Å². The second-order valence-electron chi connectivity index (χ2n) is 7.71. The highest BCUT2D eigenvalue weighted by Gasteiger charge is 2.16. The van der Waals surface area contributed by atoms with Crippen molar-refractivity contribution < 1.29 is 14.3 Å². The van der Waals surface area contributed by atoms with Gasteiger partial charge in [0.15, 0.2) is 5.78 Å². The quantitative estimate of drug-likeness (QED) is 0.167. The fourth-order valence-corrected chi connectivity index (χ4v) is 3.32. The van der Waals surface area contributed by atoms with E-state index in [4.69, 9.17) is 16.3 Å². The number of amides is 1. The number of nitrogens with one attached hydrogen (secondary N) is 1. The molecule has 5 heteroatoms. The molecule has 0 radical (unpaired) electrons. The van der Waals surface area contributed by atoms with Crippen LogP contribution in [0.5, 0.6) is 5.75 Å². The lowest BCUT2D eigenvalue weighted by atomic mass is 10.1. The number of benzene rings is 2. The second-order valence-corrected chi connectivity index (χ2v) is 8.15. The predicted molar refractivity (Wildman–Crippen MR) is 129 cm³/mol. The number of rotatable bonds is 12. The summed E-state index contributed by atoms with van der Waals surface area (Å²) in [7, 11) is 0. The number of hydrogen-bond acceptors (Lipinski definition) is 3. The van der Waals surface area contributed by atoms with Gasteiger partial charge >= 0.3 is 0 Å². The molecule has 0 atom stereocenters. The molecule has 0 spiro atoms. The van der Waals surface area contributed by atoms with Crippen LogP contribution in [-0.2, 0) is 9.59 Å². The number of halogens is 1. The van der Waals surface area contributed by atoms with E-state index in [1.165, 1.54) is 39.0 Å². The van der Waals surface area contributed by atoms with Gasteiger partial charge < -0.3 is 10.1 Å². The Balaban J connectivity index is 1.96. The van der Waals surface area contributed by atoms with Crippen molar-refractivity contribution in [1.29, 1.82) is 0 Å². The Bertz CT molecular complexity index is 903. The van der Waals surface area contributed by atoms with Crippen molar-refractivity contribution in [3.63, 3.8) is 0 Å². The standard InChI is InChI=1S/C26H32ClNO3/c1-4-5-6-7-8-9-16-31-23-14-11-21(12-15-23)17-24(20(3)29)26(30)28-25-18-22(27)13-10-19(25)2/h10-15,17-18H,4-9,16H2,1-3H3,(H,28,30)/b24-17+. The van der Waals surface area contributed by atoms with Gasteiger partial charge in [-0.1, -0.05) is 68.8 Å². The van der Waals surface area contributed by atoms with Gasteiger partial charge in [0.1, 0.15) is 5.75 Å². The molecule has 0 heterocycles. The summed E-state index contributed by atoms with van der Waals surface area (Å²) in [6.07, 6.45) is 8.92. The third kappa shape index (κ3) is 8.58. The number of ether oxygens (including phenoxy) is 1. The second kappa shape index (κ2) is 13.0. The molecule has 0 saturated carbocycles. The largest absolute Gasteiger partial charge is 0.494 e. The molecule has 1 amide bonds. The van der Waals surface area contributed by atoms with Gasteiger partial charge in [0.25, 0.3) is 5.91 Å². The highest BCUT2D eigenvalue weighted by Crippen LogP contribution is 2.22. The van der Waals surface area contributed by atoms with Crippen LogP contribution in [0.25, 0.3) is 6.08 Å². The monoisotopic (exact) mass is 441 g/mol. The first-order chi connectivity index (χ1) is 14.9. The van der Waals surface area contributed by atoms with Gasteiger partial charge in [-0.05, 0) is 61.7 Å². The Labute approximate surface area is 190 Å². The van der Waals surface area contributed by atoms with E-state index in [0.717, 1.165) is 23.3 Å². The molecule has 2 aromatic carbocycles. The molecule has 0 saturated heterocycles. The van der Waals surface area contributed by atoms with Gasteiger partial charge in [-0.25, -0.2) is 0 Å². The molecule has 4 nitrogen and oxygen atoms in total. The average Bonchev–Trinajstić information content (AvgIpc) is 2.74. The Kier molecular flexibility index (Phi) is 10.3. The lowest BCUT2D eigenvalue weighted by Gasteiger charge is -2.10. The number of unbranched alkanes of at least 4 members (excludes halogenated alkanes) is 5. The first-order valence-corrected chi connectivity index (χ1v) is 11.3.